The number of piperazine rings is 1. The molecule has 0 aliphatic carbocycles. The van der Waals surface area contributed by atoms with E-state index in [0.29, 0.717) is 12.0 Å². The lowest BCUT2D eigenvalue weighted by molar-refractivity contribution is -0.133. The van der Waals surface area contributed by atoms with Crippen molar-refractivity contribution in [2.24, 2.45) is 0 Å². The first-order valence-corrected chi connectivity index (χ1v) is 9.56. The van der Waals surface area contributed by atoms with Crippen LogP contribution in [0, 0.1) is 11.3 Å². The Labute approximate surface area is 162 Å². The van der Waals surface area contributed by atoms with Crippen LogP contribution in [-0.4, -0.2) is 50.9 Å². The standard InChI is InChI=1S/C21H20N6O/c22-10-15-3-1-2-14(8-15)9-19(28)27-16-4-5-17(27)12-26(11-16)21-18-6-7-23-20(18)24-13-25-21/h1-3,6-8,13,16-17H,4-5,9,11-12H2,(H,23,24,25)/t16-,17-/m1/s1. The lowest BCUT2D eigenvalue weighted by Crippen LogP contribution is -2.56. The van der Waals surface area contributed by atoms with E-state index in [0.717, 1.165) is 48.3 Å². The van der Waals surface area contributed by atoms with Crippen LogP contribution in [0.5, 0.6) is 0 Å². The Bertz CT molecular complexity index is 1070. The molecule has 2 fully saturated rings. The molecule has 140 valence electrons. The van der Waals surface area contributed by atoms with Crippen LogP contribution in [0.2, 0.25) is 0 Å². The fourth-order valence-electron chi connectivity index (χ4n) is 4.61. The number of nitrogens with one attached hydrogen (secondary N) is 1. The number of aromatic amines is 1. The topological polar surface area (TPSA) is 88.9 Å². The van der Waals surface area contributed by atoms with Crippen molar-refractivity contribution in [1.82, 2.24) is 19.9 Å². The van der Waals surface area contributed by atoms with Gasteiger partial charge < -0.3 is 14.8 Å². The number of H-pyrrole nitrogens is 1. The highest BCUT2D eigenvalue weighted by atomic mass is 16.2. The van der Waals surface area contributed by atoms with E-state index in [2.05, 4.69) is 30.8 Å². The molecule has 1 aromatic carbocycles. The molecule has 1 N–H and O–H groups in total. The van der Waals surface area contributed by atoms with Gasteiger partial charge in [-0.15, -0.1) is 0 Å². The maximum atomic E-state index is 13.0. The molecule has 0 radical (unpaired) electrons. The molecule has 0 saturated carbocycles. The number of nitriles is 1. The number of anilines is 1. The third-order valence-electron chi connectivity index (χ3n) is 5.81. The van der Waals surface area contributed by atoms with Crippen molar-refractivity contribution in [3.8, 4) is 6.07 Å². The molecule has 3 aromatic rings. The van der Waals surface area contributed by atoms with Crippen LogP contribution in [0.3, 0.4) is 0 Å². The van der Waals surface area contributed by atoms with E-state index in [-0.39, 0.29) is 18.0 Å². The number of rotatable bonds is 3. The highest BCUT2D eigenvalue weighted by Gasteiger charge is 2.42. The maximum Gasteiger partial charge on any atom is 0.227 e. The Kier molecular flexibility index (Phi) is 3.97. The average Bonchev–Trinajstić information content (AvgIpc) is 3.30. The Balaban J connectivity index is 1.35. The van der Waals surface area contributed by atoms with Crippen LogP contribution in [0.4, 0.5) is 5.82 Å². The molecule has 5 rings (SSSR count). The largest absolute Gasteiger partial charge is 0.352 e. The van der Waals surface area contributed by atoms with Crippen LogP contribution < -0.4 is 4.90 Å². The van der Waals surface area contributed by atoms with Crippen LogP contribution in [-0.2, 0) is 11.2 Å². The van der Waals surface area contributed by atoms with Gasteiger partial charge in [0.2, 0.25) is 5.91 Å². The first kappa shape index (κ1) is 16.8. The van der Waals surface area contributed by atoms with Crippen LogP contribution in [0.1, 0.15) is 24.0 Å². The van der Waals surface area contributed by atoms with E-state index >= 15 is 0 Å². The Morgan fingerprint density at radius 2 is 2.04 bits per heavy atom. The average molecular weight is 372 g/mol. The summed E-state index contributed by atoms with van der Waals surface area (Å²) < 4.78 is 0. The van der Waals surface area contributed by atoms with E-state index < -0.39 is 0 Å². The van der Waals surface area contributed by atoms with Gasteiger partial charge in [-0.1, -0.05) is 12.1 Å². The number of nitrogens with zero attached hydrogens (tertiary/aromatic N) is 5. The molecule has 2 aliphatic heterocycles. The van der Waals surface area contributed by atoms with Crippen molar-refractivity contribution < 1.29 is 4.79 Å². The number of benzene rings is 1. The highest BCUT2D eigenvalue weighted by molar-refractivity contribution is 5.87. The fourth-order valence-corrected chi connectivity index (χ4v) is 4.61. The smallest absolute Gasteiger partial charge is 0.227 e. The van der Waals surface area contributed by atoms with Crippen molar-refractivity contribution in [3.05, 3.63) is 54.0 Å². The molecule has 0 unspecified atom stereocenters. The SMILES string of the molecule is N#Cc1cccc(CC(=O)N2[C@@H]3CC[C@@H]2CN(c2ncnc4[nH]ccc24)C3)c1. The number of amides is 1. The van der Waals surface area contributed by atoms with Crippen molar-refractivity contribution in [1.29, 1.82) is 5.26 Å². The van der Waals surface area contributed by atoms with E-state index in [1.54, 1.807) is 18.5 Å². The zero-order valence-corrected chi connectivity index (χ0v) is 15.4. The third-order valence-corrected chi connectivity index (χ3v) is 5.81. The van der Waals surface area contributed by atoms with Crippen molar-refractivity contribution in [3.63, 3.8) is 0 Å². The molecule has 7 heteroatoms. The molecule has 4 heterocycles. The van der Waals surface area contributed by atoms with E-state index in [4.69, 9.17) is 5.26 Å². The van der Waals surface area contributed by atoms with Crippen LogP contribution in [0.15, 0.2) is 42.9 Å². The minimum absolute atomic E-state index is 0.150. The number of fused-ring (bicyclic) bond motifs is 3. The predicted octanol–water partition coefficient (Wildman–Crippen LogP) is 2.25. The Hall–Kier alpha value is -3.40. The summed E-state index contributed by atoms with van der Waals surface area (Å²) >= 11 is 0. The monoisotopic (exact) mass is 372 g/mol. The van der Waals surface area contributed by atoms with Gasteiger partial charge in [0.15, 0.2) is 0 Å². The molecule has 2 atom stereocenters. The van der Waals surface area contributed by atoms with Gasteiger partial charge in [-0.05, 0) is 36.6 Å². The molecule has 2 saturated heterocycles. The molecular formula is C21H20N6O. The maximum absolute atomic E-state index is 13.0. The minimum atomic E-state index is 0.150. The van der Waals surface area contributed by atoms with Crippen molar-refractivity contribution in [2.45, 2.75) is 31.3 Å². The summed E-state index contributed by atoms with van der Waals surface area (Å²) in [5, 5.41) is 10.1. The second kappa shape index (κ2) is 6.64. The summed E-state index contributed by atoms with van der Waals surface area (Å²) in [6, 6.07) is 11.9. The molecule has 2 aliphatic rings. The summed E-state index contributed by atoms with van der Waals surface area (Å²) in [6.07, 6.45) is 5.86. The normalized spacial score (nSPS) is 21.1. The minimum Gasteiger partial charge on any atom is -0.352 e. The number of carbonyl (C=O) groups is 1. The summed E-state index contributed by atoms with van der Waals surface area (Å²) in [6.45, 7) is 1.58. The lowest BCUT2D eigenvalue weighted by atomic mass is 10.1. The molecule has 0 spiro atoms. The number of aromatic nitrogens is 3. The van der Waals surface area contributed by atoms with Gasteiger partial charge in [0.05, 0.1) is 23.4 Å². The number of carbonyl (C=O) groups excluding carboxylic acids is 1. The van der Waals surface area contributed by atoms with E-state index in [1.165, 1.54) is 0 Å². The van der Waals surface area contributed by atoms with Crippen molar-refractivity contribution in [2.75, 3.05) is 18.0 Å². The van der Waals surface area contributed by atoms with Crippen LogP contribution in [0.25, 0.3) is 11.0 Å². The summed E-state index contributed by atoms with van der Waals surface area (Å²) in [5.74, 6) is 1.09. The number of hydrogen-bond acceptors (Lipinski definition) is 5. The molecule has 2 aromatic heterocycles. The van der Waals surface area contributed by atoms with Gasteiger partial charge >= 0.3 is 0 Å². The highest BCUT2D eigenvalue weighted by Crippen LogP contribution is 2.34. The third kappa shape index (κ3) is 2.78. The fraction of sp³-hybridized carbons (Fsp3) is 0.333. The molecule has 7 nitrogen and oxygen atoms in total. The van der Waals surface area contributed by atoms with Crippen LogP contribution >= 0.6 is 0 Å². The molecular weight excluding hydrogens is 352 g/mol. The first-order valence-electron chi connectivity index (χ1n) is 9.56. The van der Waals surface area contributed by atoms with Gasteiger partial charge in [-0.2, -0.15) is 5.26 Å². The first-order chi connectivity index (χ1) is 13.7. The second-order valence-electron chi connectivity index (χ2n) is 7.52. The summed E-state index contributed by atoms with van der Waals surface area (Å²) in [5.41, 5.74) is 2.33. The van der Waals surface area contributed by atoms with E-state index in [1.807, 2.05) is 24.4 Å². The predicted molar refractivity (Wildman–Crippen MR) is 105 cm³/mol. The zero-order valence-electron chi connectivity index (χ0n) is 15.4. The lowest BCUT2D eigenvalue weighted by Gasteiger charge is -2.41. The summed E-state index contributed by atoms with van der Waals surface area (Å²) in [4.78, 5) is 29.3. The van der Waals surface area contributed by atoms with Gasteiger partial charge in [-0.3, -0.25) is 4.79 Å². The van der Waals surface area contributed by atoms with E-state index in [9.17, 15) is 4.79 Å². The second-order valence-corrected chi connectivity index (χ2v) is 7.52. The van der Waals surface area contributed by atoms with Gasteiger partial charge in [0.25, 0.3) is 0 Å². The van der Waals surface area contributed by atoms with Gasteiger partial charge in [-0.25, -0.2) is 9.97 Å². The Morgan fingerprint density at radius 3 is 2.82 bits per heavy atom. The zero-order chi connectivity index (χ0) is 19.1. The van der Waals surface area contributed by atoms with Gasteiger partial charge in [0, 0.05) is 31.4 Å². The quantitative estimate of drug-likeness (QED) is 0.762. The van der Waals surface area contributed by atoms with Crippen molar-refractivity contribution >= 4 is 22.8 Å². The molecule has 2 bridgehead atoms. The number of hydrogen-bond donors (Lipinski definition) is 1. The Morgan fingerprint density at radius 1 is 1.21 bits per heavy atom. The van der Waals surface area contributed by atoms with Gasteiger partial charge in [0.1, 0.15) is 17.8 Å². The molecule has 1 amide bonds. The molecule has 28 heavy (non-hydrogen) atoms. The summed E-state index contributed by atoms with van der Waals surface area (Å²) in [7, 11) is 0.